The molecule has 6 nitrogen and oxygen atoms in total. The Balaban J connectivity index is 1.38. The summed E-state index contributed by atoms with van der Waals surface area (Å²) >= 11 is 0. The molecule has 0 radical (unpaired) electrons. The van der Waals surface area contributed by atoms with Gasteiger partial charge in [0, 0.05) is 25.6 Å². The number of nitrogens with zero attached hydrogens (tertiary/aromatic N) is 2. The molecule has 3 rings (SSSR count). The monoisotopic (exact) mass is 407 g/mol. The van der Waals surface area contributed by atoms with E-state index in [0.29, 0.717) is 37.4 Å². The van der Waals surface area contributed by atoms with Crippen molar-refractivity contribution >= 4 is 15.9 Å². The van der Waals surface area contributed by atoms with E-state index < -0.39 is 10.0 Å². The standard InChI is InChI=1S/C21H33N3O3S/c25-21(22-13-8-16-23-14-6-1-2-7-15-23)19-11-17-24(18-12-19)28(26,27)20-9-4-3-5-10-20/h3-5,9-10,19H,1-2,6-8,11-18H2,(H,22,25). The van der Waals surface area contributed by atoms with Crippen LogP contribution in [0.2, 0.25) is 0 Å². The third kappa shape index (κ3) is 5.78. The van der Waals surface area contributed by atoms with Gasteiger partial charge in [-0.1, -0.05) is 31.0 Å². The molecule has 1 aromatic carbocycles. The lowest BCUT2D eigenvalue weighted by Crippen LogP contribution is -2.43. The van der Waals surface area contributed by atoms with Crippen molar-refractivity contribution in [3.63, 3.8) is 0 Å². The first-order valence-corrected chi connectivity index (χ1v) is 12.1. The molecular formula is C21H33N3O3S. The smallest absolute Gasteiger partial charge is 0.243 e. The minimum atomic E-state index is -3.45. The molecule has 0 atom stereocenters. The van der Waals surface area contributed by atoms with Gasteiger partial charge in [-0.3, -0.25) is 4.79 Å². The molecule has 2 aliphatic heterocycles. The second-order valence-electron chi connectivity index (χ2n) is 7.89. The molecule has 2 fully saturated rings. The lowest BCUT2D eigenvalue weighted by Gasteiger charge is -2.30. The van der Waals surface area contributed by atoms with Gasteiger partial charge in [0.2, 0.25) is 15.9 Å². The second-order valence-corrected chi connectivity index (χ2v) is 9.83. The summed E-state index contributed by atoms with van der Waals surface area (Å²) in [4.78, 5) is 15.3. The topological polar surface area (TPSA) is 69.7 Å². The summed E-state index contributed by atoms with van der Waals surface area (Å²) in [5.41, 5.74) is 0. The van der Waals surface area contributed by atoms with E-state index >= 15 is 0 Å². The molecule has 28 heavy (non-hydrogen) atoms. The van der Waals surface area contributed by atoms with E-state index in [1.165, 1.54) is 43.1 Å². The largest absolute Gasteiger partial charge is 0.356 e. The molecule has 7 heteroatoms. The molecule has 1 aromatic rings. The maximum atomic E-state index is 12.7. The number of likely N-dealkylation sites (tertiary alicyclic amines) is 1. The van der Waals surface area contributed by atoms with E-state index in [0.717, 1.165) is 13.0 Å². The molecule has 0 bridgehead atoms. The third-order valence-corrected chi connectivity index (χ3v) is 7.77. The maximum absolute atomic E-state index is 12.7. The third-order valence-electron chi connectivity index (χ3n) is 5.85. The summed E-state index contributed by atoms with van der Waals surface area (Å²) in [7, 11) is -3.45. The highest BCUT2D eigenvalue weighted by Crippen LogP contribution is 2.23. The molecule has 2 saturated heterocycles. The predicted molar refractivity (Wildman–Crippen MR) is 110 cm³/mol. The minimum absolute atomic E-state index is 0.0765. The number of rotatable bonds is 7. The zero-order chi connectivity index (χ0) is 19.8. The van der Waals surface area contributed by atoms with Gasteiger partial charge in [0.05, 0.1) is 4.90 Å². The lowest BCUT2D eigenvalue weighted by atomic mass is 9.97. The van der Waals surface area contributed by atoms with Crippen LogP contribution >= 0.6 is 0 Å². The van der Waals surface area contributed by atoms with Crippen LogP contribution in [0.25, 0.3) is 0 Å². The quantitative estimate of drug-likeness (QED) is 0.705. The number of sulfonamides is 1. The van der Waals surface area contributed by atoms with E-state index in [-0.39, 0.29) is 11.8 Å². The number of piperidine rings is 1. The summed E-state index contributed by atoms with van der Waals surface area (Å²) in [6, 6.07) is 8.52. The summed E-state index contributed by atoms with van der Waals surface area (Å²) in [6.45, 7) is 4.93. The first-order chi connectivity index (χ1) is 13.6. The number of benzene rings is 1. The number of hydrogen-bond donors (Lipinski definition) is 1. The van der Waals surface area contributed by atoms with E-state index in [9.17, 15) is 13.2 Å². The van der Waals surface area contributed by atoms with E-state index in [1.54, 1.807) is 24.3 Å². The molecule has 2 aliphatic rings. The van der Waals surface area contributed by atoms with Gasteiger partial charge in [-0.25, -0.2) is 8.42 Å². The SMILES string of the molecule is O=C(NCCCN1CCCCCC1)C1CCN(S(=O)(=O)c2ccccc2)CC1. The molecule has 1 N–H and O–H groups in total. The van der Waals surface area contributed by atoms with Crippen LogP contribution in [0.15, 0.2) is 35.2 Å². The molecule has 0 spiro atoms. The Bertz CT molecular complexity index is 708. The Morgan fingerprint density at radius 3 is 2.25 bits per heavy atom. The van der Waals surface area contributed by atoms with Crippen LogP contribution in [-0.4, -0.2) is 62.8 Å². The zero-order valence-corrected chi connectivity index (χ0v) is 17.5. The number of hydrogen-bond acceptors (Lipinski definition) is 4. The Labute approximate surface area is 169 Å². The van der Waals surface area contributed by atoms with Crippen molar-refractivity contribution in [2.24, 2.45) is 5.92 Å². The van der Waals surface area contributed by atoms with Gasteiger partial charge in [0.25, 0.3) is 0 Å². The molecular weight excluding hydrogens is 374 g/mol. The van der Waals surface area contributed by atoms with Crippen LogP contribution in [0.4, 0.5) is 0 Å². The molecule has 0 saturated carbocycles. The number of carbonyl (C=O) groups excluding carboxylic acids is 1. The highest BCUT2D eigenvalue weighted by atomic mass is 32.2. The van der Waals surface area contributed by atoms with Gasteiger partial charge in [0.1, 0.15) is 0 Å². The fourth-order valence-corrected chi connectivity index (χ4v) is 5.61. The second kappa shape index (κ2) is 10.4. The summed E-state index contributed by atoms with van der Waals surface area (Å²) in [5, 5.41) is 3.06. The van der Waals surface area contributed by atoms with Crippen LogP contribution < -0.4 is 5.32 Å². The molecule has 0 aromatic heterocycles. The van der Waals surface area contributed by atoms with Crippen molar-refractivity contribution < 1.29 is 13.2 Å². The molecule has 0 unspecified atom stereocenters. The van der Waals surface area contributed by atoms with Gasteiger partial charge >= 0.3 is 0 Å². The van der Waals surface area contributed by atoms with Gasteiger partial charge in [0.15, 0.2) is 0 Å². The van der Waals surface area contributed by atoms with Crippen LogP contribution in [0.1, 0.15) is 44.9 Å². The van der Waals surface area contributed by atoms with Crippen molar-refractivity contribution in [3.05, 3.63) is 30.3 Å². The summed E-state index contributed by atoms with van der Waals surface area (Å²) < 4.78 is 26.8. The first kappa shape index (κ1) is 21.3. The fourth-order valence-electron chi connectivity index (χ4n) is 4.12. The highest BCUT2D eigenvalue weighted by Gasteiger charge is 2.31. The Kier molecular flexibility index (Phi) is 7.88. The number of carbonyl (C=O) groups is 1. The Morgan fingerprint density at radius 1 is 0.964 bits per heavy atom. The lowest BCUT2D eigenvalue weighted by molar-refractivity contribution is -0.126. The average molecular weight is 408 g/mol. The van der Waals surface area contributed by atoms with Gasteiger partial charge < -0.3 is 10.2 Å². The van der Waals surface area contributed by atoms with Crippen molar-refractivity contribution in [2.45, 2.75) is 49.8 Å². The van der Waals surface area contributed by atoms with E-state index in [4.69, 9.17) is 0 Å². The summed E-state index contributed by atoms with van der Waals surface area (Å²) in [5.74, 6) is -0.00645. The van der Waals surface area contributed by atoms with Crippen molar-refractivity contribution in [3.8, 4) is 0 Å². The van der Waals surface area contributed by atoms with E-state index in [2.05, 4.69) is 10.2 Å². The Morgan fingerprint density at radius 2 is 1.61 bits per heavy atom. The van der Waals surface area contributed by atoms with Crippen molar-refractivity contribution in [1.82, 2.24) is 14.5 Å². The van der Waals surface area contributed by atoms with Crippen molar-refractivity contribution in [2.75, 3.05) is 39.3 Å². The zero-order valence-electron chi connectivity index (χ0n) is 16.7. The molecule has 0 aliphatic carbocycles. The molecule has 2 heterocycles. The maximum Gasteiger partial charge on any atom is 0.243 e. The van der Waals surface area contributed by atoms with Crippen LogP contribution in [0.3, 0.4) is 0 Å². The number of nitrogens with one attached hydrogen (secondary N) is 1. The molecule has 1 amide bonds. The normalized spacial score (nSPS) is 20.6. The first-order valence-electron chi connectivity index (χ1n) is 10.6. The van der Waals surface area contributed by atoms with Crippen LogP contribution in [0.5, 0.6) is 0 Å². The van der Waals surface area contributed by atoms with Crippen molar-refractivity contribution in [1.29, 1.82) is 0 Å². The van der Waals surface area contributed by atoms with Gasteiger partial charge in [-0.15, -0.1) is 0 Å². The number of amides is 1. The Hall–Kier alpha value is -1.44. The average Bonchev–Trinajstić information content (AvgIpc) is 3.00. The van der Waals surface area contributed by atoms with E-state index in [1.807, 2.05) is 6.07 Å². The van der Waals surface area contributed by atoms with Gasteiger partial charge in [-0.05, 0) is 63.9 Å². The predicted octanol–water partition coefficient (Wildman–Crippen LogP) is 2.47. The fraction of sp³-hybridized carbons (Fsp3) is 0.667. The summed E-state index contributed by atoms with van der Waals surface area (Å²) in [6.07, 6.45) is 7.41. The highest BCUT2D eigenvalue weighted by molar-refractivity contribution is 7.89. The van der Waals surface area contributed by atoms with Crippen LogP contribution in [0, 0.1) is 5.92 Å². The van der Waals surface area contributed by atoms with Gasteiger partial charge in [-0.2, -0.15) is 4.31 Å². The van der Waals surface area contributed by atoms with Crippen LogP contribution in [-0.2, 0) is 14.8 Å². The molecule has 156 valence electrons. The minimum Gasteiger partial charge on any atom is -0.356 e.